The summed E-state index contributed by atoms with van der Waals surface area (Å²) in [6.45, 7) is 3.43. The maximum absolute atomic E-state index is 13.2. The summed E-state index contributed by atoms with van der Waals surface area (Å²) < 4.78 is 28.5. The Bertz CT molecular complexity index is 1410. The molecule has 1 atom stereocenters. The van der Waals surface area contributed by atoms with Crippen molar-refractivity contribution in [3.8, 4) is 28.7 Å². The van der Waals surface area contributed by atoms with E-state index in [-0.39, 0.29) is 19.6 Å². The number of carboxylic acid groups (broad SMARTS) is 1. The summed E-state index contributed by atoms with van der Waals surface area (Å²) in [5, 5.41) is 9.32. The number of hydrogen-bond donors (Lipinski definition) is 1. The predicted molar refractivity (Wildman–Crippen MR) is 166 cm³/mol. The highest BCUT2D eigenvalue weighted by atomic mass is 16.6. The summed E-state index contributed by atoms with van der Waals surface area (Å²) in [7, 11) is 0. The SMILES string of the molecule is CCOC(Cc1ccc(OCCN(CCCOc2ccccc2)C(=O)Oc2ccc(Oc3ccccc3)cc2)cc1)C(=O)O. The minimum Gasteiger partial charge on any atom is -0.494 e. The highest BCUT2D eigenvalue weighted by Crippen LogP contribution is 2.24. The molecule has 230 valence electrons. The van der Waals surface area contributed by atoms with E-state index in [1.54, 1.807) is 48.2 Å². The minimum absolute atomic E-state index is 0.231. The second kappa shape index (κ2) is 17.2. The maximum Gasteiger partial charge on any atom is 0.415 e. The number of ether oxygens (including phenoxy) is 5. The van der Waals surface area contributed by atoms with E-state index < -0.39 is 18.2 Å². The Balaban J connectivity index is 1.31. The van der Waals surface area contributed by atoms with E-state index >= 15 is 0 Å². The molecule has 44 heavy (non-hydrogen) atoms. The fourth-order valence-electron chi connectivity index (χ4n) is 4.25. The minimum atomic E-state index is -0.996. The number of amides is 1. The van der Waals surface area contributed by atoms with Gasteiger partial charge in [0, 0.05) is 19.6 Å². The lowest BCUT2D eigenvalue weighted by Crippen LogP contribution is -2.38. The van der Waals surface area contributed by atoms with Crippen molar-refractivity contribution in [1.82, 2.24) is 4.90 Å². The van der Waals surface area contributed by atoms with Gasteiger partial charge in [0.1, 0.15) is 35.4 Å². The van der Waals surface area contributed by atoms with Crippen LogP contribution < -0.4 is 18.9 Å². The molecule has 0 heterocycles. The molecule has 0 aliphatic carbocycles. The van der Waals surface area contributed by atoms with Crippen molar-refractivity contribution >= 4 is 12.1 Å². The second-order valence-corrected chi connectivity index (χ2v) is 9.74. The Morgan fingerprint density at radius 3 is 1.86 bits per heavy atom. The molecule has 0 spiro atoms. The van der Waals surface area contributed by atoms with Crippen molar-refractivity contribution in [2.24, 2.45) is 0 Å². The molecular formula is C35H37NO8. The summed E-state index contributed by atoms with van der Waals surface area (Å²) in [4.78, 5) is 26.1. The van der Waals surface area contributed by atoms with E-state index in [1.165, 1.54) is 0 Å². The number of carboxylic acids is 1. The summed E-state index contributed by atoms with van der Waals surface area (Å²) in [6.07, 6.45) is -0.554. The normalized spacial score (nSPS) is 11.3. The summed E-state index contributed by atoms with van der Waals surface area (Å²) in [5.74, 6) is 2.11. The summed E-state index contributed by atoms with van der Waals surface area (Å²) in [6, 6.07) is 32.9. The second-order valence-electron chi connectivity index (χ2n) is 9.74. The Labute approximate surface area is 257 Å². The third-order valence-corrected chi connectivity index (χ3v) is 6.47. The average Bonchev–Trinajstić information content (AvgIpc) is 3.04. The first-order valence-electron chi connectivity index (χ1n) is 14.5. The third-order valence-electron chi connectivity index (χ3n) is 6.47. The van der Waals surface area contributed by atoms with Crippen LogP contribution in [0.2, 0.25) is 0 Å². The van der Waals surface area contributed by atoms with Gasteiger partial charge in [0.25, 0.3) is 0 Å². The van der Waals surface area contributed by atoms with Crippen LogP contribution >= 0.6 is 0 Å². The fourth-order valence-corrected chi connectivity index (χ4v) is 4.25. The van der Waals surface area contributed by atoms with E-state index in [0.29, 0.717) is 49.2 Å². The Kier molecular flexibility index (Phi) is 12.5. The molecule has 1 unspecified atom stereocenters. The molecule has 0 radical (unpaired) electrons. The first kappa shape index (κ1) is 31.9. The van der Waals surface area contributed by atoms with Gasteiger partial charge < -0.3 is 33.7 Å². The van der Waals surface area contributed by atoms with Gasteiger partial charge in [0.15, 0.2) is 6.10 Å². The zero-order valence-corrected chi connectivity index (χ0v) is 24.7. The van der Waals surface area contributed by atoms with Crippen LogP contribution in [-0.4, -0.2) is 61.1 Å². The van der Waals surface area contributed by atoms with Crippen molar-refractivity contribution in [3.05, 3.63) is 115 Å². The van der Waals surface area contributed by atoms with Crippen molar-refractivity contribution < 1.29 is 38.4 Å². The number of benzene rings is 4. The molecule has 0 aliphatic rings. The van der Waals surface area contributed by atoms with Crippen LogP contribution in [0.4, 0.5) is 4.79 Å². The molecule has 1 amide bonds. The monoisotopic (exact) mass is 599 g/mol. The fraction of sp³-hybridized carbons (Fsp3) is 0.257. The van der Waals surface area contributed by atoms with E-state index in [0.717, 1.165) is 11.3 Å². The number of aliphatic carboxylic acids is 1. The van der Waals surface area contributed by atoms with Crippen LogP contribution in [0.5, 0.6) is 28.7 Å². The Morgan fingerprint density at radius 2 is 1.23 bits per heavy atom. The number of rotatable bonds is 17. The molecule has 0 aliphatic heterocycles. The van der Waals surface area contributed by atoms with Gasteiger partial charge in [0.05, 0.1) is 13.2 Å². The summed E-state index contributed by atoms with van der Waals surface area (Å²) in [5.41, 5.74) is 0.821. The molecule has 0 aromatic heterocycles. The highest BCUT2D eigenvalue weighted by molar-refractivity contribution is 5.72. The number of nitrogens with zero attached hydrogens (tertiary/aromatic N) is 1. The van der Waals surface area contributed by atoms with Gasteiger partial charge in [-0.25, -0.2) is 9.59 Å². The molecule has 0 bridgehead atoms. The van der Waals surface area contributed by atoms with E-state index in [9.17, 15) is 14.7 Å². The zero-order valence-electron chi connectivity index (χ0n) is 24.7. The number of para-hydroxylation sites is 2. The molecule has 0 saturated heterocycles. The van der Waals surface area contributed by atoms with Crippen LogP contribution in [0, 0.1) is 0 Å². The highest BCUT2D eigenvalue weighted by Gasteiger charge is 2.19. The van der Waals surface area contributed by atoms with Gasteiger partial charge in [-0.3, -0.25) is 0 Å². The quantitative estimate of drug-likeness (QED) is 0.131. The number of carbonyl (C=O) groups excluding carboxylic acids is 1. The van der Waals surface area contributed by atoms with Gasteiger partial charge in [-0.1, -0.05) is 48.5 Å². The smallest absolute Gasteiger partial charge is 0.415 e. The molecule has 1 N–H and O–H groups in total. The van der Waals surface area contributed by atoms with Gasteiger partial charge in [-0.15, -0.1) is 0 Å². The topological polar surface area (TPSA) is 104 Å². The first-order chi connectivity index (χ1) is 21.5. The molecule has 0 fully saturated rings. The lowest BCUT2D eigenvalue weighted by Gasteiger charge is -2.22. The predicted octanol–water partition coefficient (Wildman–Crippen LogP) is 6.86. The standard InChI is InChI=1S/C35H37NO8/c1-2-40-33(34(37)38)26-27-14-16-29(17-15-27)42-25-23-36(22-9-24-41-28-10-5-3-6-11-28)35(39)44-32-20-18-31(19-21-32)43-30-12-7-4-8-13-30/h3-8,10-21,33H,2,9,22-26H2,1H3,(H,37,38). The molecule has 4 aromatic carbocycles. The first-order valence-corrected chi connectivity index (χ1v) is 14.5. The van der Waals surface area contributed by atoms with Crippen molar-refractivity contribution in [1.29, 1.82) is 0 Å². The maximum atomic E-state index is 13.2. The molecule has 9 heteroatoms. The molecule has 0 saturated carbocycles. The zero-order chi connectivity index (χ0) is 31.0. The van der Waals surface area contributed by atoms with E-state index in [4.69, 9.17) is 23.7 Å². The molecular weight excluding hydrogens is 562 g/mol. The lowest BCUT2D eigenvalue weighted by molar-refractivity contribution is -0.149. The lowest BCUT2D eigenvalue weighted by atomic mass is 10.1. The molecule has 4 rings (SSSR count). The van der Waals surface area contributed by atoms with Crippen LogP contribution in [0.1, 0.15) is 18.9 Å². The van der Waals surface area contributed by atoms with Crippen LogP contribution in [0.25, 0.3) is 0 Å². The van der Waals surface area contributed by atoms with Crippen molar-refractivity contribution in [2.45, 2.75) is 25.9 Å². The summed E-state index contributed by atoms with van der Waals surface area (Å²) >= 11 is 0. The van der Waals surface area contributed by atoms with Crippen molar-refractivity contribution in [3.63, 3.8) is 0 Å². The van der Waals surface area contributed by atoms with Gasteiger partial charge >= 0.3 is 12.1 Å². The third kappa shape index (κ3) is 10.7. The van der Waals surface area contributed by atoms with E-state index in [1.807, 2.05) is 72.8 Å². The van der Waals surface area contributed by atoms with Crippen LogP contribution in [-0.2, 0) is 16.0 Å². The molecule has 9 nitrogen and oxygen atoms in total. The Hall–Kier alpha value is -5.02. The molecule has 4 aromatic rings. The van der Waals surface area contributed by atoms with Gasteiger partial charge in [-0.05, 0) is 79.6 Å². The van der Waals surface area contributed by atoms with Crippen LogP contribution in [0.3, 0.4) is 0 Å². The number of carbonyl (C=O) groups is 2. The van der Waals surface area contributed by atoms with Gasteiger partial charge in [-0.2, -0.15) is 0 Å². The van der Waals surface area contributed by atoms with E-state index in [2.05, 4.69) is 0 Å². The average molecular weight is 600 g/mol. The number of hydrogen-bond acceptors (Lipinski definition) is 7. The Morgan fingerprint density at radius 1 is 0.682 bits per heavy atom. The largest absolute Gasteiger partial charge is 0.494 e. The van der Waals surface area contributed by atoms with Gasteiger partial charge in [0.2, 0.25) is 0 Å². The van der Waals surface area contributed by atoms with Crippen molar-refractivity contribution in [2.75, 3.05) is 32.9 Å². The van der Waals surface area contributed by atoms with Crippen LogP contribution in [0.15, 0.2) is 109 Å².